The molecule has 3 saturated carbocycles. The van der Waals surface area contributed by atoms with Crippen LogP contribution < -0.4 is 0 Å². The molecule has 16 nitrogen and oxygen atoms in total. The van der Waals surface area contributed by atoms with Crippen LogP contribution in [0.25, 0.3) is 0 Å². The van der Waals surface area contributed by atoms with Gasteiger partial charge in [0, 0.05) is 12.3 Å². The quantitative estimate of drug-likeness (QED) is 0.126. The first kappa shape index (κ1) is 47.2. The van der Waals surface area contributed by atoms with Gasteiger partial charge in [-0.3, -0.25) is 0 Å². The van der Waals surface area contributed by atoms with Crippen LogP contribution in [0.4, 0.5) is 0 Å². The van der Waals surface area contributed by atoms with Crippen molar-refractivity contribution in [3.8, 4) is 0 Å². The number of hydrogen-bond acceptors (Lipinski definition) is 16. The summed E-state index contributed by atoms with van der Waals surface area (Å²) in [6, 6.07) is 0. The van der Waals surface area contributed by atoms with Gasteiger partial charge in [-0.1, -0.05) is 39.3 Å². The number of aliphatic hydroxyl groups excluding tert-OH is 9. The molecule has 354 valence electrons. The van der Waals surface area contributed by atoms with Gasteiger partial charge in [-0.15, -0.1) is 0 Å². The lowest BCUT2D eigenvalue weighted by Gasteiger charge is -2.58. The van der Waals surface area contributed by atoms with Crippen molar-refractivity contribution in [3.05, 3.63) is 23.0 Å². The summed E-state index contributed by atoms with van der Waals surface area (Å²) in [7, 11) is 0. The van der Waals surface area contributed by atoms with Crippen LogP contribution in [-0.4, -0.2) is 163 Å². The maximum Gasteiger partial charge on any atom is 0.187 e. The SMILES string of the molecule is CC[C@H]1O[C@@H](OC[C@H](C)CCC2=C(C)[C@H]3[C@H](C[C@H]4[C@@H]5CC=C6C[C@@H](O[C@@H]7O[C@H](CO)[C@@H](O)[C@H](O)[C@H]7O[C@@H]7O[C@@H](C)[C@H](O)[C@@H](O)[C@H]7O)CC[C@]6(C)[C@H]5CC[C@@]43C)O2)[C@H](O)[C@@H](O)[C@@H]1O. The lowest BCUT2D eigenvalue weighted by molar-refractivity contribution is -0.369. The summed E-state index contributed by atoms with van der Waals surface area (Å²) in [6.07, 6.45) is -7.97. The van der Waals surface area contributed by atoms with E-state index in [0.717, 1.165) is 57.1 Å². The van der Waals surface area contributed by atoms with Crippen molar-refractivity contribution >= 4 is 0 Å². The molecule has 6 fully saturated rings. The summed E-state index contributed by atoms with van der Waals surface area (Å²) in [6.45, 7) is 12.4. The fourth-order valence-electron chi connectivity index (χ4n) is 13.2. The molecule has 9 N–H and O–H groups in total. The molecule has 0 amide bonds. The van der Waals surface area contributed by atoms with Crippen LogP contribution in [0.3, 0.4) is 0 Å². The van der Waals surface area contributed by atoms with Gasteiger partial charge in [0.1, 0.15) is 67.1 Å². The second-order valence-electron chi connectivity index (χ2n) is 20.7. The lowest BCUT2D eigenvalue weighted by Crippen LogP contribution is -2.64. The van der Waals surface area contributed by atoms with Gasteiger partial charge in [0.25, 0.3) is 0 Å². The molecule has 0 aromatic heterocycles. The zero-order chi connectivity index (χ0) is 44.6. The summed E-state index contributed by atoms with van der Waals surface area (Å²) in [4.78, 5) is 0. The van der Waals surface area contributed by atoms with Crippen molar-refractivity contribution < 1.29 is 79.1 Å². The zero-order valence-corrected chi connectivity index (χ0v) is 37.1. The molecule has 4 heterocycles. The van der Waals surface area contributed by atoms with E-state index in [4.69, 9.17) is 33.2 Å². The molecule has 24 atom stereocenters. The molecule has 0 spiro atoms. The highest BCUT2D eigenvalue weighted by Crippen LogP contribution is 2.69. The largest absolute Gasteiger partial charge is 0.494 e. The fourth-order valence-corrected chi connectivity index (χ4v) is 13.2. The highest BCUT2D eigenvalue weighted by atomic mass is 16.8. The van der Waals surface area contributed by atoms with Gasteiger partial charge in [-0.05, 0) is 112 Å². The smallest absolute Gasteiger partial charge is 0.187 e. The van der Waals surface area contributed by atoms with Gasteiger partial charge in [0.2, 0.25) is 0 Å². The van der Waals surface area contributed by atoms with E-state index in [0.29, 0.717) is 43.1 Å². The number of allylic oxidation sites excluding steroid dienone is 2. The highest BCUT2D eigenvalue weighted by Gasteiger charge is 2.64. The van der Waals surface area contributed by atoms with Crippen LogP contribution >= 0.6 is 0 Å². The molecule has 0 unspecified atom stereocenters. The molecule has 62 heavy (non-hydrogen) atoms. The molecule has 0 aromatic rings. The molecule has 4 aliphatic carbocycles. The Morgan fingerprint density at radius 1 is 0.790 bits per heavy atom. The molecular weight excluding hydrogens is 808 g/mol. The summed E-state index contributed by atoms with van der Waals surface area (Å²) >= 11 is 0. The van der Waals surface area contributed by atoms with Crippen LogP contribution in [-0.2, 0) is 33.2 Å². The van der Waals surface area contributed by atoms with Crippen LogP contribution in [0, 0.1) is 40.4 Å². The van der Waals surface area contributed by atoms with Crippen LogP contribution in [0.15, 0.2) is 23.0 Å². The number of aliphatic hydroxyl groups is 9. The topological polar surface area (TPSA) is 247 Å². The first-order valence-electron chi connectivity index (χ1n) is 23.4. The Bertz CT molecular complexity index is 1630. The van der Waals surface area contributed by atoms with Gasteiger partial charge in [0.15, 0.2) is 18.9 Å². The minimum atomic E-state index is -1.63. The highest BCUT2D eigenvalue weighted by molar-refractivity contribution is 5.30. The number of ether oxygens (including phenoxy) is 7. The van der Waals surface area contributed by atoms with E-state index in [2.05, 4.69) is 33.8 Å². The average Bonchev–Trinajstić information content (AvgIpc) is 3.74. The molecule has 0 bridgehead atoms. The minimum absolute atomic E-state index is 0.00913. The summed E-state index contributed by atoms with van der Waals surface area (Å²) < 4.78 is 42.7. The van der Waals surface area contributed by atoms with E-state index in [1.165, 1.54) is 18.1 Å². The van der Waals surface area contributed by atoms with Gasteiger partial charge in [0.05, 0.1) is 37.3 Å². The zero-order valence-electron chi connectivity index (χ0n) is 37.1. The monoisotopic (exact) mass is 882 g/mol. The van der Waals surface area contributed by atoms with Gasteiger partial charge < -0.3 is 79.1 Å². The van der Waals surface area contributed by atoms with E-state index in [9.17, 15) is 46.0 Å². The molecule has 0 radical (unpaired) electrons. The summed E-state index contributed by atoms with van der Waals surface area (Å²) in [5.41, 5.74) is 2.85. The third-order valence-electron chi connectivity index (χ3n) is 17.0. The maximum absolute atomic E-state index is 11.2. The lowest BCUT2D eigenvalue weighted by atomic mass is 9.47. The molecule has 3 saturated heterocycles. The van der Waals surface area contributed by atoms with Crippen molar-refractivity contribution in [1.82, 2.24) is 0 Å². The van der Waals surface area contributed by atoms with Gasteiger partial charge in [-0.2, -0.15) is 0 Å². The second-order valence-corrected chi connectivity index (χ2v) is 20.7. The Morgan fingerprint density at radius 3 is 2.21 bits per heavy atom. The number of rotatable bonds is 12. The summed E-state index contributed by atoms with van der Waals surface area (Å²) in [5, 5.41) is 94.1. The van der Waals surface area contributed by atoms with Crippen LogP contribution in [0.1, 0.15) is 106 Å². The van der Waals surface area contributed by atoms with Crippen molar-refractivity contribution in [2.45, 2.75) is 210 Å². The van der Waals surface area contributed by atoms with E-state index < -0.39 is 98.7 Å². The first-order valence-corrected chi connectivity index (χ1v) is 23.4. The molecule has 16 heteroatoms. The first-order chi connectivity index (χ1) is 29.4. The minimum Gasteiger partial charge on any atom is -0.494 e. The Morgan fingerprint density at radius 2 is 1.48 bits per heavy atom. The predicted octanol–water partition coefficient (Wildman–Crippen LogP) is 1.54. The number of hydrogen-bond donors (Lipinski definition) is 9. The Hall–Kier alpha value is -1.32. The predicted molar refractivity (Wildman–Crippen MR) is 219 cm³/mol. The molecule has 0 aromatic carbocycles. The van der Waals surface area contributed by atoms with Crippen LogP contribution in [0.5, 0.6) is 0 Å². The Kier molecular flexibility index (Phi) is 14.0. The third kappa shape index (κ3) is 8.27. The molecule has 4 aliphatic heterocycles. The van der Waals surface area contributed by atoms with E-state index >= 15 is 0 Å². The third-order valence-corrected chi connectivity index (χ3v) is 17.0. The maximum atomic E-state index is 11.2. The summed E-state index contributed by atoms with van der Waals surface area (Å²) in [5.74, 6) is 3.21. The van der Waals surface area contributed by atoms with Crippen molar-refractivity contribution in [1.29, 1.82) is 0 Å². The van der Waals surface area contributed by atoms with Gasteiger partial charge in [-0.25, -0.2) is 0 Å². The van der Waals surface area contributed by atoms with Crippen molar-refractivity contribution in [3.63, 3.8) is 0 Å². The standard InChI is InChI=1S/C46H74O16/c1-7-28-34(49)37(52)39(54)42(60-28)56-19-20(2)8-11-29-21(3)32-30(59-29)17-27-25-10-9-23-16-24(12-14-45(23,5)26(25)13-15-46(27,32)6)58-44-41(38(53)35(50)31(18-47)61-44)62-43-40(55)36(51)33(48)22(4)57-43/h9,20,22,24-28,30-44,47-55H,7-8,10-19H2,1-6H3/t20-,22+,24+,25-,26+,27+,28-,30+,31-,32+,33+,34-,35-,36-,37+,38+,39-,40-,41-,42-,43+,44-,45+,46+/m1/s1. The van der Waals surface area contributed by atoms with Crippen molar-refractivity contribution in [2.75, 3.05) is 13.2 Å². The fraction of sp³-hybridized carbons (Fsp3) is 0.913. The Balaban J connectivity index is 0.887. The van der Waals surface area contributed by atoms with E-state index in [-0.39, 0.29) is 29.0 Å². The van der Waals surface area contributed by atoms with E-state index in [1.807, 2.05) is 6.92 Å². The number of fused-ring (bicyclic) bond motifs is 7. The van der Waals surface area contributed by atoms with Gasteiger partial charge >= 0.3 is 0 Å². The average molecular weight is 883 g/mol. The normalized spacial score (nSPS) is 52.0. The van der Waals surface area contributed by atoms with Crippen molar-refractivity contribution in [2.24, 2.45) is 40.4 Å². The molecule has 8 aliphatic rings. The molecule has 8 rings (SSSR count). The Labute approximate surface area is 365 Å². The van der Waals surface area contributed by atoms with Crippen LogP contribution in [0.2, 0.25) is 0 Å². The molecular formula is C46H74O16. The van der Waals surface area contributed by atoms with E-state index in [1.54, 1.807) is 0 Å². The second kappa shape index (κ2) is 18.4.